The smallest absolute Gasteiger partial charge is 0.252 e. The third-order valence-corrected chi connectivity index (χ3v) is 1.99. The maximum absolute atomic E-state index is 11.4. The minimum atomic E-state index is -0.386. The van der Waals surface area contributed by atoms with Gasteiger partial charge >= 0.3 is 0 Å². The lowest BCUT2D eigenvalue weighted by atomic mass is 10.1. The van der Waals surface area contributed by atoms with Crippen molar-refractivity contribution in [2.45, 2.75) is 0 Å². The SMILES string of the molecule is N#CCNC(=O)c1ccc(C#N)c(Cl)c1. The molecule has 0 heterocycles. The topological polar surface area (TPSA) is 76.7 Å². The summed E-state index contributed by atoms with van der Waals surface area (Å²) in [6.45, 7) is -0.0591. The van der Waals surface area contributed by atoms with E-state index in [1.807, 2.05) is 6.07 Å². The number of nitrogens with zero attached hydrogens (tertiary/aromatic N) is 2. The van der Waals surface area contributed by atoms with Gasteiger partial charge in [0.05, 0.1) is 16.7 Å². The molecule has 0 spiro atoms. The molecule has 0 radical (unpaired) electrons. The number of benzene rings is 1. The number of amides is 1. The van der Waals surface area contributed by atoms with Gasteiger partial charge in [-0.1, -0.05) is 11.6 Å². The number of hydrogen-bond acceptors (Lipinski definition) is 3. The molecule has 0 bridgehead atoms. The third-order valence-electron chi connectivity index (χ3n) is 1.68. The van der Waals surface area contributed by atoms with Crippen LogP contribution in [0.25, 0.3) is 0 Å². The standard InChI is InChI=1S/C10H6ClN3O/c11-9-5-7(1-2-8(9)6-13)10(15)14-4-3-12/h1-2,5H,4H2,(H,14,15). The molecule has 0 atom stereocenters. The van der Waals surface area contributed by atoms with Crippen LogP contribution >= 0.6 is 11.6 Å². The maximum Gasteiger partial charge on any atom is 0.252 e. The summed E-state index contributed by atoms with van der Waals surface area (Å²) in [5, 5.41) is 19.5. The Bertz CT molecular complexity index is 471. The molecule has 1 N–H and O–H groups in total. The minimum Gasteiger partial charge on any atom is -0.339 e. The fourth-order valence-electron chi connectivity index (χ4n) is 0.969. The monoisotopic (exact) mass is 219 g/mol. The summed E-state index contributed by atoms with van der Waals surface area (Å²) >= 11 is 5.74. The van der Waals surface area contributed by atoms with Crippen LogP contribution in [0.15, 0.2) is 18.2 Å². The summed E-state index contributed by atoms with van der Waals surface area (Å²) in [4.78, 5) is 11.4. The van der Waals surface area contributed by atoms with Gasteiger partial charge in [0.25, 0.3) is 5.91 Å². The molecule has 74 valence electrons. The summed E-state index contributed by atoms with van der Waals surface area (Å²) in [6.07, 6.45) is 0. The highest BCUT2D eigenvalue weighted by atomic mass is 35.5. The van der Waals surface area contributed by atoms with Crippen molar-refractivity contribution in [1.82, 2.24) is 5.32 Å². The van der Waals surface area contributed by atoms with Crippen LogP contribution in [-0.2, 0) is 0 Å². The van der Waals surface area contributed by atoms with Gasteiger partial charge in [0.2, 0.25) is 0 Å². The van der Waals surface area contributed by atoms with Crippen LogP contribution in [0, 0.1) is 22.7 Å². The Balaban J connectivity index is 2.90. The highest BCUT2D eigenvalue weighted by Crippen LogP contribution is 2.16. The van der Waals surface area contributed by atoms with E-state index >= 15 is 0 Å². The van der Waals surface area contributed by atoms with Crippen molar-refractivity contribution in [3.8, 4) is 12.1 Å². The zero-order valence-electron chi connectivity index (χ0n) is 7.62. The lowest BCUT2D eigenvalue weighted by Gasteiger charge is -2.01. The van der Waals surface area contributed by atoms with E-state index in [0.29, 0.717) is 11.1 Å². The molecule has 5 heteroatoms. The van der Waals surface area contributed by atoms with Crippen molar-refractivity contribution in [2.24, 2.45) is 0 Å². The number of nitrogens with one attached hydrogen (secondary N) is 1. The second kappa shape index (κ2) is 4.99. The summed E-state index contributed by atoms with van der Waals surface area (Å²) in [5.74, 6) is -0.386. The first-order valence-electron chi connectivity index (χ1n) is 4.04. The molecule has 0 aliphatic heterocycles. The summed E-state index contributed by atoms with van der Waals surface area (Å²) in [6, 6.07) is 8.02. The number of carbonyl (C=O) groups excluding carboxylic acids is 1. The van der Waals surface area contributed by atoms with Gasteiger partial charge in [-0.3, -0.25) is 4.79 Å². The van der Waals surface area contributed by atoms with Crippen LogP contribution in [0.5, 0.6) is 0 Å². The van der Waals surface area contributed by atoms with Gasteiger partial charge in [0, 0.05) is 5.56 Å². The van der Waals surface area contributed by atoms with Gasteiger partial charge in [0.1, 0.15) is 12.6 Å². The quantitative estimate of drug-likeness (QED) is 0.765. The van der Waals surface area contributed by atoms with Gasteiger partial charge in [-0.15, -0.1) is 0 Å². The molecule has 0 aliphatic carbocycles. The fourth-order valence-corrected chi connectivity index (χ4v) is 1.19. The van der Waals surface area contributed by atoms with E-state index in [1.165, 1.54) is 18.2 Å². The highest BCUT2D eigenvalue weighted by Gasteiger charge is 2.07. The Kier molecular flexibility index (Phi) is 3.68. The molecule has 4 nitrogen and oxygen atoms in total. The van der Waals surface area contributed by atoms with E-state index in [9.17, 15) is 4.79 Å². The summed E-state index contributed by atoms with van der Waals surface area (Å²) < 4.78 is 0. The predicted octanol–water partition coefficient (Wildman–Crippen LogP) is 1.47. The van der Waals surface area contributed by atoms with E-state index < -0.39 is 0 Å². The normalized spacial score (nSPS) is 8.73. The molecule has 1 rings (SSSR count). The maximum atomic E-state index is 11.4. The van der Waals surface area contributed by atoms with Crippen molar-refractivity contribution < 1.29 is 4.79 Å². The van der Waals surface area contributed by atoms with Gasteiger partial charge in [0.15, 0.2) is 0 Å². The second-order valence-corrected chi connectivity index (χ2v) is 3.05. The average molecular weight is 220 g/mol. The molecule has 15 heavy (non-hydrogen) atoms. The molecule has 1 amide bonds. The first-order valence-corrected chi connectivity index (χ1v) is 4.41. The molecule has 0 unspecified atom stereocenters. The molecule has 0 fully saturated rings. The minimum absolute atomic E-state index is 0.0591. The van der Waals surface area contributed by atoms with Gasteiger partial charge in [-0.2, -0.15) is 10.5 Å². The number of rotatable bonds is 2. The fraction of sp³-hybridized carbons (Fsp3) is 0.100. The van der Waals surface area contributed by atoms with E-state index in [2.05, 4.69) is 5.32 Å². The number of nitriles is 2. The van der Waals surface area contributed by atoms with Crippen LogP contribution < -0.4 is 5.32 Å². The van der Waals surface area contributed by atoms with E-state index in [1.54, 1.807) is 6.07 Å². The third kappa shape index (κ3) is 2.70. The summed E-state index contributed by atoms with van der Waals surface area (Å²) in [7, 11) is 0. The van der Waals surface area contributed by atoms with Crippen molar-refractivity contribution in [3.63, 3.8) is 0 Å². The Labute approximate surface area is 91.7 Å². The lowest BCUT2D eigenvalue weighted by Crippen LogP contribution is -2.23. The van der Waals surface area contributed by atoms with Crippen LogP contribution in [0.4, 0.5) is 0 Å². The van der Waals surface area contributed by atoms with E-state index in [-0.39, 0.29) is 17.5 Å². The van der Waals surface area contributed by atoms with Crippen molar-refractivity contribution in [1.29, 1.82) is 10.5 Å². The Hall–Kier alpha value is -2.04. The van der Waals surface area contributed by atoms with Gasteiger partial charge < -0.3 is 5.32 Å². The summed E-state index contributed by atoms with van der Waals surface area (Å²) in [5.41, 5.74) is 0.641. The van der Waals surface area contributed by atoms with Gasteiger partial charge in [-0.25, -0.2) is 0 Å². The molecule has 0 saturated heterocycles. The molecule has 1 aromatic rings. The first-order chi connectivity index (χ1) is 7.19. The van der Waals surface area contributed by atoms with Crippen LogP contribution in [0.3, 0.4) is 0 Å². The highest BCUT2D eigenvalue weighted by molar-refractivity contribution is 6.32. The van der Waals surface area contributed by atoms with Crippen molar-refractivity contribution in [3.05, 3.63) is 34.3 Å². The van der Waals surface area contributed by atoms with Crippen molar-refractivity contribution in [2.75, 3.05) is 6.54 Å². The number of halogens is 1. The lowest BCUT2D eigenvalue weighted by molar-refractivity contribution is 0.0958. The molecule has 0 saturated carbocycles. The average Bonchev–Trinajstić information content (AvgIpc) is 2.25. The van der Waals surface area contributed by atoms with Crippen LogP contribution in [0.1, 0.15) is 15.9 Å². The van der Waals surface area contributed by atoms with Gasteiger partial charge in [-0.05, 0) is 18.2 Å². The van der Waals surface area contributed by atoms with E-state index in [4.69, 9.17) is 22.1 Å². The molecule has 0 aliphatic rings. The first kappa shape index (κ1) is 11.0. The Morgan fingerprint density at radius 1 is 1.47 bits per heavy atom. The molecule has 1 aromatic carbocycles. The molecular formula is C10H6ClN3O. The predicted molar refractivity (Wildman–Crippen MR) is 54.1 cm³/mol. The zero-order valence-corrected chi connectivity index (χ0v) is 8.38. The van der Waals surface area contributed by atoms with Crippen LogP contribution in [-0.4, -0.2) is 12.5 Å². The largest absolute Gasteiger partial charge is 0.339 e. The Morgan fingerprint density at radius 3 is 2.73 bits per heavy atom. The second-order valence-electron chi connectivity index (χ2n) is 2.65. The molecule has 0 aromatic heterocycles. The van der Waals surface area contributed by atoms with E-state index in [0.717, 1.165) is 0 Å². The zero-order chi connectivity index (χ0) is 11.3. The van der Waals surface area contributed by atoms with Crippen LogP contribution in [0.2, 0.25) is 5.02 Å². The number of hydrogen-bond donors (Lipinski definition) is 1. The Morgan fingerprint density at radius 2 is 2.20 bits per heavy atom. The number of carbonyl (C=O) groups is 1. The van der Waals surface area contributed by atoms with Crippen molar-refractivity contribution >= 4 is 17.5 Å². The molecular weight excluding hydrogens is 214 g/mol.